The molecule has 12 rings (SSSR count). The van der Waals surface area contributed by atoms with E-state index in [-0.39, 0.29) is 5.91 Å². The molecule has 0 aromatic heterocycles. The van der Waals surface area contributed by atoms with E-state index in [4.69, 9.17) is 0 Å². The quantitative estimate of drug-likeness (QED) is 0.275. The highest BCUT2D eigenvalue weighted by Crippen LogP contribution is 2.78. The van der Waals surface area contributed by atoms with Crippen LogP contribution in [0.1, 0.15) is 25.0 Å². The number of benzene rings is 2. The number of anilines is 2. The van der Waals surface area contributed by atoms with Crippen LogP contribution in [-0.2, 0) is 30.0 Å². The molecule has 0 radical (unpaired) electrons. The minimum absolute atomic E-state index is 0.374. The van der Waals surface area contributed by atoms with Crippen LogP contribution in [0, 0.1) is 0 Å². The smallest absolute Gasteiger partial charge is 0.266 e. The number of carbonyl (C=O) groups is 4. The number of nitrogens with zero attached hydrogens (tertiary/aromatic N) is 4. The molecule has 48 heavy (non-hydrogen) atoms. The summed E-state index contributed by atoms with van der Waals surface area (Å²) in [6.45, 7) is 3.16. The van der Waals surface area contributed by atoms with Crippen molar-refractivity contribution in [3.05, 3.63) is 59.7 Å². The van der Waals surface area contributed by atoms with Gasteiger partial charge in [-0.15, -0.1) is 0 Å². The number of aliphatic hydroxyl groups is 3. The van der Waals surface area contributed by atoms with Crippen molar-refractivity contribution in [2.24, 2.45) is 0 Å². The largest absolute Gasteiger partial charge is 0.389 e. The second-order valence-electron chi connectivity index (χ2n) is 13.9. The third-order valence-corrected chi connectivity index (χ3v) is 19.8. The Balaban J connectivity index is 1.34. The van der Waals surface area contributed by atoms with Crippen molar-refractivity contribution < 1.29 is 34.5 Å². The first-order valence-corrected chi connectivity index (χ1v) is 19.8. The van der Waals surface area contributed by atoms with Gasteiger partial charge in [-0.3, -0.25) is 29.0 Å². The van der Waals surface area contributed by atoms with Gasteiger partial charge >= 0.3 is 0 Å². The summed E-state index contributed by atoms with van der Waals surface area (Å²) in [4.78, 5) is 57.8. The summed E-state index contributed by atoms with van der Waals surface area (Å²) in [6.07, 6.45) is -6.80. The molecule has 2 aromatic rings. The monoisotopic (exact) mass is 726 g/mol. The third-order valence-electron chi connectivity index (χ3n) is 12.4. The van der Waals surface area contributed by atoms with Gasteiger partial charge in [0.15, 0.2) is 4.87 Å². The van der Waals surface area contributed by atoms with Crippen LogP contribution < -0.4 is 10.6 Å². The molecular weight excluding hydrogens is 697 g/mol. The fourth-order valence-electron chi connectivity index (χ4n) is 10.2. The lowest BCUT2D eigenvalue weighted by molar-refractivity contribution is -0.172. The molecule has 11 atom stereocenters. The first kappa shape index (κ1) is 30.1. The van der Waals surface area contributed by atoms with Gasteiger partial charge in [-0.1, -0.05) is 47.2 Å². The second kappa shape index (κ2) is 8.55. The number of carbonyl (C=O) groups excluding carboxylic acids is 4. The van der Waals surface area contributed by atoms with Crippen LogP contribution in [0.5, 0.6) is 0 Å². The van der Waals surface area contributed by atoms with Gasteiger partial charge in [0.05, 0.1) is 16.9 Å². The van der Waals surface area contributed by atoms with Crippen LogP contribution in [-0.4, -0.2) is 123 Å². The van der Waals surface area contributed by atoms with Crippen molar-refractivity contribution in [3.8, 4) is 0 Å². The van der Waals surface area contributed by atoms with E-state index in [0.29, 0.717) is 22.5 Å². The number of hydrogen-bond donors (Lipinski definition) is 5. The third kappa shape index (κ3) is 2.48. The molecule has 8 fully saturated rings. The summed E-state index contributed by atoms with van der Waals surface area (Å²) in [6, 6.07) is 14.5. The van der Waals surface area contributed by atoms with Gasteiger partial charge in [-0.25, -0.2) is 0 Å². The van der Waals surface area contributed by atoms with E-state index in [9.17, 15) is 34.5 Å². The highest BCUT2D eigenvalue weighted by molar-refractivity contribution is 8.78. The predicted molar refractivity (Wildman–Crippen MR) is 181 cm³/mol. The number of aliphatic hydroxyl groups excluding tert-OH is 3. The van der Waals surface area contributed by atoms with Crippen LogP contribution in [0.3, 0.4) is 0 Å². The lowest BCUT2D eigenvalue weighted by Crippen LogP contribution is -2.80. The second-order valence-corrected chi connectivity index (χ2v) is 19.2. The minimum atomic E-state index is -1.88. The van der Waals surface area contributed by atoms with E-state index in [2.05, 4.69) is 10.6 Å². The average molecular weight is 727 g/mol. The van der Waals surface area contributed by atoms with E-state index in [1.807, 2.05) is 36.4 Å². The molecule has 0 saturated carbocycles. The summed E-state index contributed by atoms with van der Waals surface area (Å²) in [5.41, 5.74) is -1.15. The van der Waals surface area contributed by atoms with E-state index in [1.165, 1.54) is 44.4 Å². The molecule has 10 aliphatic rings. The first-order chi connectivity index (χ1) is 22.8. The molecule has 13 nitrogen and oxygen atoms in total. The van der Waals surface area contributed by atoms with Crippen molar-refractivity contribution in [2.45, 2.75) is 74.8 Å². The predicted octanol–water partition coefficient (Wildman–Crippen LogP) is 0.692. The Hall–Kier alpha value is -2.80. The van der Waals surface area contributed by atoms with E-state index in [1.54, 1.807) is 26.1 Å². The van der Waals surface area contributed by atoms with Crippen molar-refractivity contribution in [1.82, 2.24) is 19.6 Å². The molecule has 2 aromatic carbocycles. The normalized spacial score (nSPS) is 46.2. The standard InChI is InChI=1S/C31H30N6O7S4/c1-13(38)29-25(44)37-21-28(15-10-6-8-12-17(15)33-21,19(40)31(37,48-46-29)24(43)35(29)4)27-14-9-5-7-11-16(14)32-20(27)36-22(41)26(2)34(3)23(42)30(36,18(27)39)47-45-26/h5-13,18-21,32-33,38-40H,1-4H3/t13?,18-,19-,20+,21+,26-,27?,28?,29-,30-,31-/m0/s1. The lowest BCUT2D eigenvalue weighted by atomic mass is 9.52. The zero-order valence-corrected chi connectivity index (χ0v) is 29.2. The molecule has 0 aliphatic carbocycles. The summed E-state index contributed by atoms with van der Waals surface area (Å²) < 4.78 is 0. The van der Waals surface area contributed by atoms with Gasteiger partial charge in [0.2, 0.25) is 14.6 Å². The van der Waals surface area contributed by atoms with Crippen molar-refractivity contribution in [1.29, 1.82) is 0 Å². The number of amides is 4. The van der Waals surface area contributed by atoms with Gasteiger partial charge in [0.1, 0.15) is 24.5 Å². The summed E-state index contributed by atoms with van der Waals surface area (Å²) in [7, 11) is 7.46. The molecule has 17 heteroatoms. The molecular formula is C31H30N6O7S4. The van der Waals surface area contributed by atoms with Crippen LogP contribution in [0.4, 0.5) is 11.4 Å². The Labute approximate surface area is 290 Å². The molecule has 4 amide bonds. The number of para-hydroxylation sites is 2. The fourth-order valence-corrected chi connectivity index (χ4v) is 17.7. The molecule has 10 heterocycles. The van der Waals surface area contributed by atoms with Crippen LogP contribution in [0.15, 0.2) is 48.5 Å². The summed E-state index contributed by atoms with van der Waals surface area (Å²) in [5, 5.41) is 44.8. The van der Waals surface area contributed by atoms with Crippen LogP contribution >= 0.6 is 43.2 Å². The zero-order valence-electron chi connectivity index (χ0n) is 25.9. The number of nitrogens with one attached hydrogen (secondary N) is 2. The van der Waals surface area contributed by atoms with Gasteiger partial charge in [0, 0.05) is 25.5 Å². The fraction of sp³-hybridized carbons (Fsp3) is 0.484. The SMILES string of the molecule is CC(O)[C@@]12SS[C@]3(C(=O)N1C)[C@@H](O)C1(C45c6ccccc6N[C@@H]4N4C(=O)[C@]6(C)SS[C@]4(C(=O)N6C)[C@H]5O)c4ccccc4N[C@@H]1N3C2=O. The van der Waals surface area contributed by atoms with E-state index < -0.39 is 78.7 Å². The van der Waals surface area contributed by atoms with Crippen molar-refractivity contribution in [2.75, 3.05) is 24.7 Å². The van der Waals surface area contributed by atoms with Gasteiger partial charge in [-0.2, -0.15) is 0 Å². The lowest BCUT2D eigenvalue weighted by Gasteiger charge is -2.59. The van der Waals surface area contributed by atoms with Gasteiger partial charge < -0.3 is 35.8 Å². The Bertz CT molecular complexity index is 1950. The number of rotatable bonds is 2. The maximum Gasteiger partial charge on any atom is 0.266 e. The van der Waals surface area contributed by atoms with Gasteiger partial charge in [-0.05, 0) is 69.5 Å². The molecule has 3 unspecified atom stereocenters. The molecule has 10 aliphatic heterocycles. The van der Waals surface area contributed by atoms with E-state index >= 15 is 0 Å². The molecule has 4 bridgehead atoms. The molecule has 250 valence electrons. The summed E-state index contributed by atoms with van der Waals surface area (Å²) >= 11 is 0. The Kier molecular flexibility index (Phi) is 5.36. The van der Waals surface area contributed by atoms with Crippen molar-refractivity contribution in [3.63, 3.8) is 0 Å². The van der Waals surface area contributed by atoms with Crippen LogP contribution in [0.25, 0.3) is 0 Å². The Morgan fingerprint density at radius 2 is 1.15 bits per heavy atom. The first-order valence-electron chi connectivity index (χ1n) is 15.5. The Morgan fingerprint density at radius 3 is 1.67 bits per heavy atom. The average Bonchev–Trinajstić information content (AvgIpc) is 3.72. The highest BCUT2D eigenvalue weighted by atomic mass is 33.1. The highest BCUT2D eigenvalue weighted by Gasteiger charge is 2.93. The maximum absolute atomic E-state index is 14.9. The molecule has 2 spiro atoms. The zero-order chi connectivity index (χ0) is 33.7. The topological polar surface area (TPSA) is 166 Å². The number of likely N-dealkylation sites (N-methyl/N-ethyl adjacent to an activating group) is 2. The van der Waals surface area contributed by atoms with Gasteiger partial charge in [0.25, 0.3) is 23.6 Å². The number of hydrogen-bond acceptors (Lipinski definition) is 13. The Morgan fingerprint density at radius 1 is 0.688 bits per heavy atom. The molecule has 5 N–H and O–H groups in total. The number of fused-ring (bicyclic) bond motifs is 11. The van der Waals surface area contributed by atoms with E-state index in [0.717, 1.165) is 32.4 Å². The van der Waals surface area contributed by atoms with Crippen molar-refractivity contribution >= 4 is 78.2 Å². The minimum Gasteiger partial charge on any atom is -0.389 e. The van der Waals surface area contributed by atoms with Crippen LogP contribution in [0.2, 0.25) is 0 Å². The maximum atomic E-state index is 14.9. The number of piperazine rings is 2. The molecule has 8 saturated heterocycles. The summed E-state index contributed by atoms with van der Waals surface area (Å²) in [5.74, 6) is -1.94.